The number of hydrogen-bond donors (Lipinski definition) is 1. The predicted octanol–water partition coefficient (Wildman–Crippen LogP) is 2.55. The Morgan fingerprint density at radius 2 is 2.05 bits per heavy atom. The largest absolute Gasteiger partial charge is 0.378 e. The van der Waals surface area contributed by atoms with Gasteiger partial charge in [0.1, 0.15) is 5.76 Å². The molecule has 0 spiro atoms. The van der Waals surface area contributed by atoms with Gasteiger partial charge in [0, 0.05) is 38.3 Å². The molecular weight excluding hydrogens is 266 g/mol. The Kier molecular flexibility index (Phi) is 3.64. The number of nitrogens with one attached hydrogen (secondary N) is 1. The minimum absolute atomic E-state index is 0.192. The van der Waals surface area contributed by atoms with Crippen LogP contribution in [0.5, 0.6) is 0 Å². The molecular formula is C16H19N3O2. The number of anilines is 1. The number of carbonyl (C=O) groups is 1. The summed E-state index contributed by atoms with van der Waals surface area (Å²) in [5.74, 6) is 1.11. The average molecular weight is 285 g/mol. The zero-order valence-corrected chi connectivity index (χ0v) is 12.3. The Balaban J connectivity index is 1.57. The highest BCUT2D eigenvalue weighted by molar-refractivity contribution is 5.92. The van der Waals surface area contributed by atoms with E-state index in [9.17, 15) is 4.79 Å². The Morgan fingerprint density at radius 3 is 2.67 bits per heavy atom. The van der Waals surface area contributed by atoms with Crippen LogP contribution in [-0.4, -0.2) is 25.2 Å². The topological polar surface area (TPSA) is 58.4 Å². The molecule has 0 saturated heterocycles. The third kappa shape index (κ3) is 3.24. The minimum atomic E-state index is -0.192. The number of hydrogen-bond acceptors (Lipinski definition) is 4. The number of aromatic nitrogens is 1. The predicted molar refractivity (Wildman–Crippen MR) is 80.4 cm³/mol. The van der Waals surface area contributed by atoms with E-state index in [0.717, 1.165) is 29.9 Å². The highest BCUT2D eigenvalue weighted by Crippen LogP contribution is 2.40. The van der Waals surface area contributed by atoms with Gasteiger partial charge in [-0.05, 0) is 30.5 Å². The second-order valence-electron chi connectivity index (χ2n) is 5.63. The monoisotopic (exact) mass is 285 g/mol. The van der Waals surface area contributed by atoms with E-state index in [1.807, 2.05) is 43.3 Å². The maximum atomic E-state index is 12.0. The van der Waals surface area contributed by atoms with Crippen LogP contribution in [0.3, 0.4) is 0 Å². The molecule has 0 radical (unpaired) electrons. The lowest BCUT2D eigenvalue weighted by atomic mass is 10.2. The summed E-state index contributed by atoms with van der Waals surface area (Å²) in [5, 5.41) is 6.69. The van der Waals surface area contributed by atoms with Crippen molar-refractivity contribution in [3.63, 3.8) is 0 Å². The zero-order valence-electron chi connectivity index (χ0n) is 12.3. The first kappa shape index (κ1) is 13.7. The maximum absolute atomic E-state index is 12.0. The van der Waals surface area contributed by atoms with Crippen molar-refractivity contribution in [2.75, 3.05) is 19.0 Å². The fraction of sp³-hybridized carbons (Fsp3) is 0.375. The van der Waals surface area contributed by atoms with Crippen molar-refractivity contribution in [2.24, 2.45) is 0 Å². The summed E-state index contributed by atoms with van der Waals surface area (Å²) in [7, 11) is 4.00. The molecule has 1 aliphatic rings. The van der Waals surface area contributed by atoms with E-state index in [0.29, 0.717) is 18.2 Å². The number of carbonyl (C=O) groups excluding carboxylic acids is 1. The first-order valence-electron chi connectivity index (χ1n) is 7.14. The summed E-state index contributed by atoms with van der Waals surface area (Å²) in [6, 6.07) is 9.83. The van der Waals surface area contributed by atoms with Gasteiger partial charge in [-0.2, -0.15) is 0 Å². The van der Waals surface area contributed by atoms with Crippen molar-refractivity contribution in [3.05, 3.63) is 47.3 Å². The molecule has 1 N–H and O–H groups in total. The Labute approximate surface area is 123 Å². The number of benzene rings is 1. The van der Waals surface area contributed by atoms with Crippen molar-refractivity contribution >= 4 is 11.6 Å². The van der Waals surface area contributed by atoms with Gasteiger partial charge >= 0.3 is 0 Å². The molecule has 3 rings (SSSR count). The van der Waals surface area contributed by atoms with Crippen LogP contribution in [0, 0.1) is 0 Å². The molecule has 1 aliphatic carbocycles. The van der Waals surface area contributed by atoms with Crippen LogP contribution < -0.4 is 10.2 Å². The lowest BCUT2D eigenvalue weighted by Crippen LogP contribution is -2.23. The van der Waals surface area contributed by atoms with Crippen LogP contribution in [0.2, 0.25) is 0 Å². The van der Waals surface area contributed by atoms with Crippen LogP contribution in [0.15, 0.2) is 34.9 Å². The van der Waals surface area contributed by atoms with Crippen LogP contribution >= 0.6 is 0 Å². The standard InChI is InChI=1S/C16H19N3O2/c1-19(2)13-7-3-11(4-8-13)10-17-16(20)14-9-15(21-18-14)12-5-6-12/h3-4,7-9,12H,5-6,10H2,1-2H3,(H,17,20). The molecule has 1 saturated carbocycles. The first-order chi connectivity index (χ1) is 10.1. The fourth-order valence-corrected chi connectivity index (χ4v) is 2.14. The smallest absolute Gasteiger partial charge is 0.273 e. The summed E-state index contributed by atoms with van der Waals surface area (Å²) in [6.07, 6.45) is 2.27. The Morgan fingerprint density at radius 1 is 1.33 bits per heavy atom. The van der Waals surface area contributed by atoms with Crippen molar-refractivity contribution in [2.45, 2.75) is 25.3 Å². The van der Waals surface area contributed by atoms with Gasteiger partial charge in [0.25, 0.3) is 5.91 Å². The van der Waals surface area contributed by atoms with Gasteiger partial charge in [0.05, 0.1) is 0 Å². The molecule has 0 atom stereocenters. The minimum Gasteiger partial charge on any atom is -0.378 e. The molecule has 0 bridgehead atoms. The molecule has 0 unspecified atom stereocenters. The third-order valence-electron chi connectivity index (χ3n) is 3.65. The SMILES string of the molecule is CN(C)c1ccc(CNC(=O)c2cc(C3CC3)on2)cc1. The van der Waals surface area contributed by atoms with E-state index in [2.05, 4.69) is 10.5 Å². The number of rotatable bonds is 5. The van der Waals surface area contributed by atoms with Gasteiger partial charge in [-0.25, -0.2) is 0 Å². The molecule has 2 aromatic rings. The van der Waals surface area contributed by atoms with Gasteiger partial charge < -0.3 is 14.7 Å². The van der Waals surface area contributed by atoms with Crippen LogP contribution in [-0.2, 0) is 6.54 Å². The van der Waals surface area contributed by atoms with Crippen molar-refractivity contribution < 1.29 is 9.32 Å². The number of amides is 1. The van der Waals surface area contributed by atoms with Crippen molar-refractivity contribution in [1.82, 2.24) is 10.5 Å². The summed E-state index contributed by atoms with van der Waals surface area (Å²) in [6.45, 7) is 0.484. The van der Waals surface area contributed by atoms with Gasteiger partial charge in [0.2, 0.25) is 0 Å². The van der Waals surface area contributed by atoms with Crippen LogP contribution in [0.25, 0.3) is 0 Å². The molecule has 0 aliphatic heterocycles. The van der Waals surface area contributed by atoms with E-state index in [1.165, 1.54) is 0 Å². The molecule has 1 aromatic carbocycles. The summed E-state index contributed by atoms with van der Waals surface area (Å²) in [4.78, 5) is 14.0. The summed E-state index contributed by atoms with van der Waals surface area (Å²) in [5.41, 5.74) is 2.55. The van der Waals surface area contributed by atoms with Gasteiger partial charge in [-0.15, -0.1) is 0 Å². The second kappa shape index (κ2) is 5.60. The van der Waals surface area contributed by atoms with E-state index < -0.39 is 0 Å². The van der Waals surface area contributed by atoms with E-state index in [4.69, 9.17) is 4.52 Å². The highest BCUT2D eigenvalue weighted by atomic mass is 16.5. The fourth-order valence-electron chi connectivity index (χ4n) is 2.14. The zero-order chi connectivity index (χ0) is 14.8. The third-order valence-corrected chi connectivity index (χ3v) is 3.65. The lowest BCUT2D eigenvalue weighted by Gasteiger charge is -2.12. The summed E-state index contributed by atoms with van der Waals surface area (Å²) >= 11 is 0. The first-order valence-corrected chi connectivity index (χ1v) is 7.14. The second-order valence-corrected chi connectivity index (χ2v) is 5.63. The maximum Gasteiger partial charge on any atom is 0.273 e. The number of nitrogens with zero attached hydrogens (tertiary/aromatic N) is 2. The van der Waals surface area contributed by atoms with E-state index in [-0.39, 0.29) is 5.91 Å². The van der Waals surface area contributed by atoms with E-state index in [1.54, 1.807) is 6.07 Å². The van der Waals surface area contributed by atoms with Crippen molar-refractivity contribution in [1.29, 1.82) is 0 Å². The van der Waals surface area contributed by atoms with Gasteiger partial charge in [-0.1, -0.05) is 17.3 Å². The summed E-state index contributed by atoms with van der Waals surface area (Å²) < 4.78 is 5.19. The molecule has 5 heteroatoms. The molecule has 1 fully saturated rings. The normalized spacial score (nSPS) is 14.0. The van der Waals surface area contributed by atoms with Crippen LogP contribution in [0.1, 0.15) is 40.6 Å². The van der Waals surface area contributed by atoms with E-state index >= 15 is 0 Å². The lowest BCUT2D eigenvalue weighted by molar-refractivity contribution is 0.0941. The average Bonchev–Trinajstić information content (AvgIpc) is 3.22. The Hall–Kier alpha value is -2.30. The van der Waals surface area contributed by atoms with Crippen LogP contribution in [0.4, 0.5) is 5.69 Å². The highest BCUT2D eigenvalue weighted by Gasteiger charge is 2.28. The Bertz CT molecular complexity index is 627. The van der Waals surface area contributed by atoms with Gasteiger partial charge in [0.15, 0.2) is 5.69 Å². The molecule has 1 heterocycles. The molecule has 1 amide bonds. The van der Waals surface area contributed by atoms with Gasteiger partial charge in [-0.3, -0.25) is 4.79 Å². The molecule has 110 valence electrons. The molecule has 21 heavy (non-hydrogen) atoms. The molecule has 1 aromatic heterocycles. The molecule has 5 nitrogen and oxygen atoms in total. The van der Waals surface area contributed by atoms with Crippen molar-refractivity contribution in [3.8, 4) is 0 Å². The quantitative estimate of drug-likeness (QED) is 0.917.